The molecule has 2 saturated carbocycles. The molecular weight excluding hydrogens is 132 g/mol. The minimum absolute atomic E-state index is 0.771. The molecule has 11 heavy (non-hydrogen) atoms. The monoisotopic (exact) mass is 152 g/mol. The van der Waals surface area contributed by atoms with E-state index in [9.17, 15) is 0 Å². The predicted octanol–water partition coefficient (Wildman–Crippen LogP) is 3.32. The minimum atomic E-state index is 0.771. The third kappa shape index (κ3) is 1.02. The highest BCUT2D eigenvalue weighted by Crippen LogP contribution is 2.69. The van der Waals surface area contributed by atoms with E-state index in [1.165, 1.54) is 12.8 Å². The van der Waals surface area contributed by atoms with E-state index in [1.807, 2.05) is 0 Å². The van der Waals surface area contributed by atoms with Crippen molar-refractivity contribution in [3.05, 3.63) is 0 Å². The van der Waals surface area contributed by atoms with Crippen molar-refractivity contribution < 1.29 is 0 Å². The van der Waals surface area contributed by atoms with Gasteiger partial charge in [0.1, 0.15) is 0 Å². The molecule has 0 heterocycles. The van der Waals surface area contributed by atoms with E-state index in [2.05, 4.69) is 27.7 Å². The summed E-state index contributed by atoms with van der Waals surface area (Å²) in [4.78, 5) is 0. The maximum Gasteiger partial charge on any atom is -0.0261 e. The summed E-state index contributed by atoms with van der Waals surface area (Å²) < 4.78 is 0. The van der Waals surface area contributed by atoms with Crippen molar-refractivity contribution in [3.63, 3.8) is 0 Å². The molecule has 0 N–H and O–H groups in total. The summed E-state index contributed by atoms with van der Waals surface area (Å²) in [5.74, 6) is 4.11. The average Bonchev–Trinajstić information content (AvgIpc) is 2.70. The Morgan fingerprint density at radius 2 is 1.91 bits per heavy atom. The minimum Gasteiger partial charge on any atom is -0.0625 e. The van der Waals surface area contributed by atoms with Crippen molar-refractivity contribution in [2.75, 3.05) is 0 Å². The van der Waals surface area contributed by atoms with Gasteiger partial charge in [-0.1, -0.05) is 27.7 Å². The second-order valence-corrected chi connectivity index (χ2v) is 5.38. The van der Waals surface area contributed by atoms with Gasteiger partial charge in [0.2, 0.25) is 0 Å². The molecule has 4 unspecified atom stereocenters. The first-order valence-corrected chi connectivity index (χ1v) is 5.05. The maximum atomic E-state index is 2.51. The van der Waals surface area contributed by atoms with Gasteiger partial charge >= 0.3 is 0 Å². The molecule has 2 aliphatic carbocycles. The average molecular weight is 152 g/mol. The van der Waals surface area contributed by atoms with E-state index in [-0.39, 0.29) is 0 Å². The molecule has 2 fully saturated rings. The van der Waals surface area contributed by atoms with Crippen molar-refractivity contribution in [2.45, 2.75) is 40.5 Å². The Morgan fingerprint density at radius 1 is 1.36 bits per heavy atom. The van der Waals surface area contributed by atoms with Crippen molar-refractivity contribution in [1.29, 1.82) is 0 Å². The van der Waals surface area contributed by atoms with Crippen LogP contribution < -0.4 is 0 Å². The molecular formula is C11H20. The topological polar surface area (TPSA) is 0 Å². The van der Waals surface area contributed by atoms with Crippen LogP contribution in [0.1, 0.15) is 40.5 Å². The Hall–Kier alpha value is 0. The molecule has 0 aromatic carbocycles. The van der Waals surface area contributed by atoms with E-state index in [1.54, 1.807) is 0 Å². The Kier molecular flexibility index (Phi) is 1.41. The summed E-state index contributed by atoms with van der Waals surface area (Å²) in [5, 5.41) is 0. The lowest BCUT2D eigenvalue weighted by molar-refractivity contribution is 0.365. The lowest BCUT2D eigenvalue weighted by Gasteiger charge is -2.12. The third-order valence-electron chi connectivity index (χ3n) is 4.11. The van der Waals surface area contributed by atoms with Crippen LogP contribution in [0.5, 0.6) is 0 Å². The molecule has 0 heteroatoms. The van der Waals surface area contributed by atoms with Crippen LogP contribution in [0.3, 0.4) is 0 Å². The van der Waals surface area contributed by atoms with Crippen LogP contribution >= 0.6 is 0 Å². The van der Waals surface area contributed by atoms with Gasteiger partial charge in [-0.05, 0) is 41.9 Å². The largest absolute Gasteiger partial charge is 0.0625 e. The lowest BCUT2D eigenvalue weighted by Crippen LogP contribution is -2.06. The lowest BCUT2D eigenvalue weighted by atomic mass is 9.93. The molecule has 4 atom stereocenters. The molecule has 0 radical (unpaired) electrons. The Bertz CT molecular complexity index is 171. The zero-order valence-electron chi connectivity index (χ0n) is 8.22. The highest BCUT2D eigenvalue weighted by atomic mass is 14.7. The van der Waals surface area contributed by atoms with Gasteiger partial charge in [-0.3, -0.25) is 0 Å². The van der Waals surface area contributed by atoms with Crippen LogP contribution in [0.25, 0.3) is 0 Å². The van der Waals surface area contributed by atoms with Crippen molar-refractivity contribution in [3.8, 4) is 0 Å². The molecule has 2 aliphatic rings. The highest BCUT2D eigenvalue weighted by molar-refractivity contribution is 5.10. The van der Waals surface area contributed by atoms with Crippen molar-refractivity contribution in [2.24, 2.45) is 29.1 Å². The smallest absolute Gasteiger partial charge is 0.0261 e. The molecule has 0 aliphatic heterocycles. The number of hydrogen-bond donors (Lipinski definition) is 0. The summed E-state index contributed by atoms with van der Waals surface area (Å²) in [7, 11) is 0. The van der Waals surface area contributed by atoms with E-state index in [0.29, 0.717) is 0 Å². The van der Waals surface area contributed by atoms with E-state index in [0.717, 1.165) is 29.1 Å². The first-order valence-electron chi connectivity index (χ1n) is 5.05. The van der Waals surface area contributed by atoms with Crippen LogP contribution in [-0.2, 0) is 0 Å². The summed E-state index contributed by atoms with van der Waals surface area (Å²) in [6.07, 6.45) is 3.03. The zero-order valence-corrected chi connectivity index (χ0v) is 8.22. The van der Waals surface area contributed by atoms with Gasteiger partial charge in [-0.25, -0.2) is 0 Å². The SMILES string of the molecule is CC(C)C1CC1(C)C1CC1C. The fraction of sp³-hybridized carbons (Fsp3) is 1.00. The predicted molar refractivity (Wildman–Crippen MR) is 48.3 cm³/mol. The second-order valence-electron chi connectivity index (χ2n) is 5.38. The van der Waals surface area contributed by atoms with Crippen molar-refractivity contribution in [1.82, 2.24) is 0 Å². The van der Waals surface area contributed by atoms with Crippen LogP contribution in [0.2, 0.25) is 0 Å². The van der Waals surface area contributed by atoms with Gasteiger partial charge in [-0.2, -0.15) is 0 Å². The highest BCUT2D eigenvalue weighted by Gasteiger charge is 2.61. The van der Waals surface area contributed by atoms with Gasteiger partial charge in [0, 0.05) is 0 Å². The van der Waals surface area contributed by atoms with Crippen LogP contribution in [0.15, 0.2) is 0 Å². The standard InChI is InChI=1S/C11H20/c1-7(2)10-6-11(10,4)9-5-8(9)3/h7-10H,5-6H2,1-4H3. The van der Waals surface area contributed by atoms with Crippen LogP contribution in [0.4, 0.5) is 0 Å². The van der Waals surface area contributed by atoms with Crippen molar-refractivity contribution >= 4 is 0 Å². The molecule has 0 spiro atoms. The molecule has 0 aromatic heterocycles. The molecule has 0 aromatic rings. The second kappa shape index (κ2) is 2.02. The normalized spacial score (nSPS) is 54.8. The van der Waals surface area contributed by atoms with Crippen LogP contribution in [0, 0.1) is 29.1 Å². The quantitative estimate of drug-likeness (QED) is 0.569. The summed E-state index contributed by atoms with van der Waals surface area (Å²) in [6, 6.07) is 0. The zero-order chi connectivity index (χ0) is 8.22. The van der Waals surface area contributed by atoms with Gasteiger partial charge in [0.15, 0.2) is 0 Å². The molecule has 0 nitrogen and oxygen atoms in total. The fourth-order valence-corrected chi connectivity index (χ4v) is 3.08. The van der Waals surface area contributed by atoms with Gasteiger partial charge in [0.25, 0.3) is 0 Å². The third-order valence-corrected chi connectivity index (χ3v) is 4.11. The maximum absolute atomic E-state index is 2.51. The Labute approximate surface area is 70.4 Å². The van der Waals surface area contributed by atoms with E-state index >= 15 is 0 Å². The summed E-state index contributed by atoms with van der Waals surface area (Å²) in [6.45, 7) is 9.67. The first kappa shape index (κ1) is 7.64. The summed E-state index contributed by atoms with van der Waals surface area (Å²) >= 11 is 0. The van der Waals surface area contributed by atoms with Gasteiger partial charge < -0.3 is 0 Å². The molecule has 64 valence electrons. The molecule has 0 amide bonds. The Morgan fingerprint density at radius 3 is 2.18 bits per heavy atom. The van der Waals surface area contributed by atoms with Gasteiger partial charge in [0.05, 0.1) is 0 Å². The summed E-state index contributed by atoms with van der Waals surface area (Å²) in [5.41, 5.74) is 0.771. The molecule has 0 bridgehead atoms. The Balaban J connectivity index is 1.96. The number of hydrogen-bond acceptors (Lipinski definition) is 0. The number of rotatable bonds is 2. The van der Waals surface area contributed by atoms with E-state index in [4.69, 9.17) is 0 Å². The fourth-order valence-electron chi connectivity index (χ4n) is 3.08. The molecule has 0 saturated heterocycles. The van der Waals surface area contributed by atoms with Crippen LogP contribution in [-0.4, -0.2) is 0 Å². The van der Waals surface area contributed by atoms with Gasteiger partial charge in [-0.15, -0.1) is 0 Å². The molecule has 2 rings (SSSR count). The first-order chi connectivity index (χ1) is 5.05. The van der Waals surface area contributed by atoms with E-state index < -0.39 is 0 Å².